The van der Waals surface area contributed by atoms with E-state index in [1.165, 1.54) is 23.1 Å². The molecule has 7 nitrogen and oxygen atoms in total. The van der Waals surface area contributed by atoms with Crippen LogP contribution in [0.15, 0.2) is 59.0 Å². The summed E-state index contributed by atoms with van der Waals surface area (Å²) in [7, 11) is 0. The van der Waals surface area contributed by atoms with E-state index in [0.29, 0.717) is 5.69 Å². The molecule has 2 aliphatic carbocycles. The largest absolute Gasteiger partial charge is 0.481 e. The summed E-state index contributed by atoms with van der Waals surface area (Å²) in [5, 5.41) is 15.4. The van der Waals surface area contributed by atoms with Crippen LogP contribution in [0.5, 0.6) is 0 Å². The molecule has 4 atom stereocenters. The first kappa shape index (κ1) is 22.6. The number of allylic oxidation sites excluding steroid dienone is 2. The monoisotopic (exact) mass is 493 g/mol. The summed E-state index contributed by atoms with van der Waals surface area (Å²) in [5.41, 5.74) is 3.21. The molecule has 1 fully saturated rings. The number of carbonyl (C=O) groups is 3. The van der Waals surface area contributed by atoms with Crippen molar-refractivity contribution in [1.82, 2.24) is 4.98 Å². The highest BCUT2D eigenvalue weighted by Gasteiger charge is 2.51. The zero-order valence-corrected chi connectivity index (χ0v) is 20.0. The van der Waals surface area contributed by atoms with Crippen LogP contribution in [0.1, 0.15) is 12.0 Å². The van der Waals surface area contributed by atoms with E-state index in [4.69, 9.17) is 0 Å². The van der Waals surface area contributed by atoms with Gasteiger partial charge >= 0.3 is 5.97 Å². The molecule has 2 amide bonds. The van der Waals surface area contributed by atoms with Crippen molar-refractivity contribution < 1.29 is 19.5 Å². The van der Waals surface area contributed by atoms with Crippen molar-refractivity contribution in [3.05, 3.63) is 60.2 Å². The number of para-hydroxylation sites is 1. The molecule has 174 valence electrons. The Bertz CT molecular complexity index is 1320. The summed E-state index contributed by atoms with van der Waals surface area (Å²) in [4.78, 5) is 41.6. The number of carboxylic acid groups (broad SMARTS) is 1. The van der Waals surface area contributed by atoms with E-state index in [-0.39, 0.29) is 29.4 Å². The average molecular weight is 494 g/mol. The molecule has 0 radical (unpaired) electrons. The minimum atomic E-state index is -0.914. The Labute approximate surface area is 204 Å². The van der Waals surface area contributed by atoms with Gasteiger partial charge in [0, 0.05) is 11.4 Å². The fourth-order valence-corrected chi connectivity index (χ4v) is 6.72. The van der Waals surface area contributed by atoms with Gasteiger partial charge < -0.3 is 15.7 Å². The third kappa shape index (κ3) is 4.45. The molecule has 0 aliphatic heterocycles. The van der Waals surface area contributed by atoms with Gasteiger partial charge in [-0.05, 0) is 55.0 Å². The Kier molecular flexibility index (Phi) is 6.14. The van der Waals surface area contributed by atoms with Gasteiger partial charge in [0.25, 0.3) is 0 Å². The predicted octanol–water partition coefficient (Wildman–Crippen LogP) is 4.80. The molecule has 2 aromatic carbocycles. The Balaban J connectivity index is 1.23. The van der Waals surface area contributed by atoms with Crippen LogP contribution in [0.4, 0.5) is 11.4 Å². The number of aliphatic carboxylic acids is 1. The van der Waals surface area contributed by atoms with Gasteiger partial charge in [-0.3, -0.25) is 14.4 Å². The van der Waals surface area contributed by atoms with Crippen molar-refractivity contribution >= 4 is 62.5 Å². The van der Waals surface area contributed by atoms with Crippen LogP contribution < -0.4 is 10.6 Å². The number of amides is 2. The maximum Gasteiger partial charge on any atom is 0.307 e. The van der Waals surface area contributed by atoms with Crippen LogP contribution in [0.3, 0.4) is 0 Å². The number of hydrogen-bond donors (Lipinski definition) is 3. The first-order chi connectivity index (χ1) is 16.4. The van der Waals surface area contributed by atoms with Crippen molar-refractivity contribution in [3.63, 3.8) is 0 Å². The third-order valence-electron chi connectivity index (χ3n) is 6.43. The van der Waals surface area contributed by atoms with E-state index >= 15 is 0 Å². The standard InChI is InChI=1S/C25H23N3O4S2/c1-13-4-2-3-5-17(13)27-20(29)12-33-25-28-18-9-8-16(11-19(18)34-25)26-23(30)21-14-6-7-15(10-14)22(21)24(31)32/h2-9,11,14-15,21-22H,10,12H2,1H3,(H,26,30)(H,27,29)(H,31,32)/t14-,15-,21+,22+/m0/s1. The molecule has 1 heterocycles. The average Bonchev–Trinajstić information content (AvgIpc) is 3.53. The molecule has 2 aliphatic rings. The fourth-order valence-electron chi connectivity index (χ4n) is 4.81. The van der Waals surface area contributed by atoms with Crippen molar-refractivity contribution in [2.75, 3.05) is 16.4 Å². The summed E-state index contributed by atoms with van der Waals surface area (Å²) in [6.07, 6.45) is 4.62. The molecule has 1 saturated carbocycles. The molecule has 0 saturated heterocycles. The summed E-state index contributed by atoms with van der Waals surface area (Å²) >= 11 is 2.82. The summed E-state index contributed by atoms with van der Waals surface area (Å²) in [5.74, 6) is -2.33. The number of nitrogens with one attached hydrogen (secondary N) is 2. The lowest BCUT2D eigenvalue weighted by molar-refractivity contribution is -0.146. The van der Waals surface area contributed by atoms with E-state index < -0.39 is 17.8 Å². The smallest absolute Gasteiger partial charge is 0.307 e. The molecule has 3 N–H and O–H groups in total. The molecule has 2 bridgehead atoms. The number of fused-ring (bicyclic) bond motifs is 3. The number of aryl methyl sites for hydroxylation is 1. The van der Waals surface area contributed by atoms with E-state index in [9.17, 15) is 19.5 Å². The highest BCUT2D eigenvalue weighted by Crippen LogP contribution is 2.48. The Hall–Kier alpha value is -3.17. The number of anilines is 2. The summed E-state index contributed by atoms with van der Waals surface area (Å²) in [6, 6.07) is 13.1. The molecule has 1 aromatic heterocycles. The summed E-state index contributed by atoms with van der Waals surface area (Å²) < 4.78 is 1.66. The minimum Gasteiger partial charge on any atom is -0.481 e. The number of carboxylic acids is 1. The number of thiazole rings is 1. The number of hydrogen-bond acceptors (Lipinski definition) is 6. The van der Waals surface area contributed by atoms with Crippen LogP contribution in [0.25, 0.3) is 10.2 Å². The lowest BCUT2D eigenvalue weighted by atomic mass is 9.82. The second-order valence-corrected chi connectivity index (χ2v) is 10.9. The van der Waals surface area contributed by atoms with E-state index in [2.05, 4.69) is 15.6 Å². The van der Waals surface area contributed by atoms with Crippen molar-refractivity contribution in [3.8, 4) is 0 Å². The molecular formula is C25H23N3O4S2. The molecule has 34 heavy (non-hydrogen) atoms. The van der Waals surface area contributed by atoms with E-state index in [1.807, 2.05) is 55.5 Å². The lowest BCUT2D eigenvalue weighted by Crippen LogP contribution is -2.36. The zero-order valence-electron chi connectivity index (χ0n) is 18.4. The van der Waals surface area contributed by atoms with Gasteiger partial charge in [0.15, 0.2) is 4.34 Å². The van der Waals surface area contributed by atoms with Gasteiger partial charge in [0.05, 0.1) is 27.8 Å². The maximum atomic E-state index is 12.9. The van der Waals surface area contributed by atoms with Crippen LogP contribution in [-0.2, 0) is 14.4 Å². The van der Waals surface area contributed by atoms with Gasteiger partial charge in [-0.1, -0.05) is 42.1 Å². The van der Waals surface area contributed by atoms with Crippen LogP contribution in [0, 0.1) is 30.6 Å². The Morgan fingerprint density at radius 1 is 1.09 bits per heavy atom. The maximum absolute atomic E-state index is 12.9. The van der Waals surface area contributed by atoms with Crippen molar-refractivity contribution in [2.24, 2.45) is 23.7 Å². The molecule has 0 spiro atoms. The van der Waals surface area contributed by atoms with E-state index in [0.717, 1.165) is 32.2 Å². The van der Waals surface area contributed by atoms with E-state index in [1.54, 1.807) is 6.07 Å². The van der Waals surface area contributed by atoms with Crippen molar-refractivity contribution in [2.45, 2.75) is 17.7 Å². The third-order valence-corrected chi connectivity index (χ3v) is 8.59. The molecular weight excluding hydrogens is 470 g/mol. The Morgan fingerprint density at radius 2 is 1.85 bits per heavy atom. The number of thioether (sulfide) groups is 1. The van der Waals surface area contributed by atoms with Gasteiger partial charge in [-0.15, -0.1) is 11.3 Å². The second kappa shape index (κ2) is 9.23. The lowest BCUT2D eigenvalue weighted by Gasteiger charge is -2.23. The van der Waals surface area contributed by atoms with Gasteiger partial charge in [-0.2, -0.15) is 0 Å². The van der Waals surface area contributed by atoms with Gasteiger partial charge in [0.1, 0.15) is 0 Å². The van der Waals surface area contributed by atoms with Gasteiger partial charge in [0.2, 0.25) is 11.8 Å². The van der Waals surface area contributed by atoms with Crippen molar-refractivity contribution in [1.29, 1.82) is 0 Å². The molecule has 3 aromatic rings. The predicted molar refractivity (Wildman–Crippen MR) is 134 cm³/mol. The topological polar surface area (TPSA) is 108 Å². The molecule has 9 heteroatoms. The zero-order chi connectivity index (χ0) is 23.8. The van der Waals surface area contributed by atoms with Crippen LogP contribution in [-0.4, -0.2) is 33.6 Å². The van der Waals surface area contributed by atoms with Crippen LogP contribution in [0.2, 0.25) is 0 Å². The number of rotatable bonds is 7. The highest BCUT2D eigenvalue weighted by atomic mass is 32.2. The molecule has 0 unspecified atom stereocenters. The van der Waals surface area contributed by atoms with Crippen LogP contribution >= 0.6 is 23.1 Å². The minimum absolute atomic E-state index is 0.0212. The number of nitrogens with zero attached hydrogens (tertiary/aromatic N) is 1. The SMILES string of the molecule is Cc1ccccc1NC(=O)CSc1nc2ccc(NC(=O)[C@H]3[C@H](C(=O)O)[C@H]4C=C[C@H]3C4)cc2s1. The fraction of sp³-hybridized carbons (Fsp3) is 0.280. The first-order valence-corrected chi connectivity index (χ1v) is 12.8. The number of benzene rings is 2. The quantitative estimate of drug-likeness (QED) is 0.322. The number of carbonyl (C=O) groups excluding carboxylic acids is 2. The molecule has 5 rings (SSSR count). The second-order valence-electron chi connectivity index (χ2n) is 8.64. The normalized spacial score (nSPS) is 22.7. The number of aromatic nitrogens is 1. The Morgan fingerprint density at radius 3 is 2.62 bits per heavy atom. The first-order valence-electron chi connectivity index (χ1n) is 11.0. The van der Waals surface area contributed by atoms with Gasteiger partial charge in [-0.25, -0.2) is 4.98 Å². The summed E-state index contributed by atoms with van der Waals surface area (Å²) in [6.45, 7) is 1.95. The highest BCUT2D eigenvalue weighted by molar-refractivity contribution is 8.01.